The van der Waals surface area contributed by atoms with Crippen LogP contribution in [0.1, 0.15) is 26.3 Å². The van der Waals surface area contributed by atoms with E-state index in [-0.39, 0.29) is 11.9 Å². The number of hydrogen-bond acceptors (Lipinski definition) is 3. The van der Waals surface area contributed by atoms with Crippen molar-refractivity contribution in [2.75, 3.05) is 31.7 Å². The van der Waals surface area contributed by atoms with Gasteiger partial charge in [-0.3, -0.25) is 4.79 Å². The fraction of sp³-hybridized carbons (Fsp3) is 0.562. The van der Waals surface area contributed by atoms with Crippen LogP contribution in [0.2, 0.25) is 0 Å². The summed E-state index contributed by atoms with van der Waals surface area (Å²) in [5, 5.41) is 3.37. The lowest BCUT2D eigenvalue weighted by Crippen LogP contribution is -2.47. The Bertz CT molecular complexity index is 479. The second kappa shape index (κ2) is 5.94. The van der Waals surface area contributed by atoms with Crippen LogP contribution in [0.25, 0.3) is 0 Å². The Morgan fingerprint density at radius 2 is 2.05 bits per heavy atom. The molecule has 1 aliphatic rings. The minimum atomic E-state index is -0.444. The Labute approximate surface area is 121 Å². The molecule has 0 aromatic heterocycles. The molecule has 0 fully saturated rings. The molecule has 0 spiro atoms. The number of carbonyl (C=O) groups excluding carboxylic acids is 1. The van der Waals surface area contributed by atoms with Gasteiger partial charge in [0.2, 0.25) is 5.91 Å². The fourth-order valence-corrected chi connectivity index (χ4v) is 2.87. The highest BCUT2D eigenvalue weighted by Gasteiger charge is 2.43. The standard InChI is InChI=1S/C16H24N2O2/c1-5-17-12(11-20-4)10-18-14-9-7-6-8-13(14)16(2,3)15(18)19/h6-9,12,17H,5,10-11H2,1-4H3. The molecule has 1 atom stereocenters. The number of rotatable bonds is 6. The van der Waals surface area contributed by atoms with Crippen molar-refractivity contribution in [1.82, 2.24) is 5.32 Å². The summed E-state index contributed by atoms with van der Waals surface area (Å²) in [6.07, 6.45) is 0. The Hall–Kier alpha value is -1.39. The fourth-order valence-electron chi connectivity index (χ4n) is 2.87. The number of carbonyl (C=O) groups is 1. The third-order valence-electron chi connectivity index (χ3n) is 3.91. The van der Waals surface area contributed by atoms with Gasteiger partial charge < -0.3 is 15.0 Å². The van der Waals surface area contributed by atoms with Crippen LogP contribution in [0.5, 0.6) is 0 Å². The third kappa shape index (κ3) is 2.58. The topological polar surface area (TPSA) is 41.6 Å². The molecule has 1 N–H and O–H groups in total. The highest BCUT2D eigenvalue weighted by Crippen LogP contribution is 2.41. The zero-order valence-electron chi connectivity index (χ0n) is 12.8. The first-order valence-electron chi connectivity index (χ1n) is 7.16. The zero-order chi connectivity index (χ0) is 14.8. The molecule has 2 rings (SSSR count). The first kappa shape index (κ1) is 15.0. The molecule has 1 heterocycles. The number of fused-ring (bicyclic) bond motifs is 1. The average molecular weight is 276 g/mol. The van der Waals surface area contributed by atoms with Gasteiger partial charge in [0.25, 0.3) is 0 Å². The maximum Gasteiger partial charge on any atom is 0.237 e. The zero-order valence-corrected chi connectivity index (χ0v) is 12.8. The Morgan fingerprint density at radius 3 is 2.70 bits per heavy atom. The van der Waals surface area contributed by atoms with E-state index >= 15 is 0 Å². The molecule has 4 nitrogen and oxygen atoms in total. The number of anilines is 1. The van der Waals surface area contributed by atoms with E-state index in [0.29, 0.717) is 13.2 Å². The molecule has 1 aliphatic heterocycles. The van der Waals surface area contributed by atoms with Gasteiger partial charge in [0.15, 0.2) is 0 Å². The number of nitrogens with zero attached hydrogens (tertiary/aromatic N) is 1. The molecule has 1 unspecified atom stereocenters. The Kier molecular flexibility index (Phi) is 4.45. The lowest BCUT2D eigenvalue weighted by molar-refractivity contribution is -0.122. The molecule has 4 heteroatoms. The molecule has 20 heavy (non-hydrogen) atoms. The van der Waals surface area contributed by atoms with Crippen LogP contribution in [0.3, 0.4) is 0 Å². The van der Waals surface area contributed by atoms with Gasteiger partial charge in [-0.05, 0) is 32.0 Å². The number of methoxy groups -OCH3 is 1. The monoisotopic (exact) mass is 276 g/mol. The smallest absolute Gasteiger partial charge is 0.237 e. The minimum Gasteiger partial charge on any atom is -0.383 e. The highest BCUT2D eigenvalue weighted by molar-refractivity contribution is 6.07. The van der Waals surface area contributed by atoms with Gasteiger partial charge in [0.1, 0.15) is 0 Å². The van der Waals surface area contributed by atoms with E-state index in [1.165, 1.54) is 0 Å². The van der Waals surface area contributed by atoms with E-state index in [1.54, 1.807) is 7.11 Å². The first-order valence-corrected chi connectivity index (χ1v) is 7.16. The first-order chi connectivity index (χ1) is 9.52. The third-order valence-corrected chi connectivity index (χ3v) is 3.91. The number of nitrogens with one attached hydrogen (secondary N) is 1. The highest BCUT2D eigenvalue weighted by atomic mass is 16.5. The summed E-state index contributed by atoms with van der Waals surface area (Å²) in [5.74, 6) is 0.165. The normalized spacial score (nSPS) is 18.2. The maximum absolute atomic E-state index is 12.7. The molecular weight excluding hydrogens is 252 g/mol. The Balaban J connectivity index is 2.26. The Morgan fingerprint density at radius 1 is 1.35 bits per heavy atom. The molecule has 1 aromatic carbocycles. The SMILES string of the molecule is CCNC(COC)CN1C(=O)C(C)(C)c2ccccc21. The molecule has 0 aliphatic carbocycles. The molecule has 0 bridgehead atoms. The molecule has 1 aromatic rings. The van der Waals surface area contributed by atoms with Gasteiger partial charge >= 0.3 is 0 Å². The quantitative estimate of drug-likeness (QED) is 0.863. The molecule has 0 radical (unpaired) electrons. The van der Waals surface area contributed by atoms with E-state index in [1.807, 2.05) is 43.0 Å². The largest absolute Gasteiger partial charge is 0.383 e. The van der Waals surface area contributed by atoms with Crippen molar-refractivity contribution in [2.24, 2.45) is 0 Å². The van der Waals surface area contributed by atoms with Gasteiger partial charge in [-0.1, -0.05) is 25.1 Å². The van der Waals surface area contributed by atoms with E-state index in [2.05, 4.69) is 12.2 Å². The van der Waals surface area contributed by atoms with Crippen molar-refractivity contribution >= 4 is 11.6 Å². The molecule has 0 saturated carbocycles. The van der Waals surface area contributed by atoms with Crippen LogP contribution in [-0.4, -0.2) is 38.8 Å². The second-order valence-corrected chi connectivity index (χ2v) is 5.77. The van der Waals surface area contributed by atoms with Gasteiger partial charge in [-0.15, -0.1) is 0 Å². The van der Waals surface area contributed by atoms with Crippen LogP contribution in [0, 0.1) is 0 Å². The molecular formula is C16H24N2O2. The van der Waals surface area contributed by atoms with Crippen molar-refractivity contribution in [3.05, 3.63) is 29.8 Å². The van der Waals surface area contributed by atoms with Crippen LogP contribution in [0.4, 0.5) is 5.69 Å². The van der Waals surface area contributed by atoms with Gasteiger partial charge in [0, 0.05) is 25.4 Å². The van der Waals surface area contributed by atoms with Crippen molar-refractivity contribution in [1.29, 1.82) is 0 Å². The summed E-state index contributed by atoms with van der Waals surface area (Å²) < 4.78 is 5.24. The van der Waals surface area contributed by atoms with Gasteiger partial charge in [-0.25, -0.2) is 0 Å². The lowest BCUT2D eigenvalue weighted by atomic mass is 9.86. The van der Waals surface area contributed by atoms with E-state index in [4.69, 9.17) is 4.74 Å². The van der Waals surface area contributed by atoms with Crippen LogP contribution >= 0.6 is 0 Å². The van der Waals surface area contributed by atoms with E-state index in [0.717, 1.165) is 17.8 Å². The number of para-hydroxylation sites is 1. The predicted molar refractivity (Wildman–Crippen MR) is 81.2 cm³/mol. The summed E-state index contributed by atoms with van der Waals surface area (Å²) in [5.41, 5.74) is 1.69. The van der Waals surface area contributed by atoms with Crippen LogP contribution in [-0.2, 0) is 14.9 Å². The molecule has 1 amide bonds. The predicted octanol–water partition coefficient (Wildman–Crippen LogP) is 1.94. The van der Waals surface area contributed by atoms with Crippen molar-refractivity contribution in [3.8, 4) is 0 Å². The minimum absolute atomic E-state index is 0.149. The van der Waals surface area contributed by atoms with Gasteiger partial charge in [-0.2, -0.15) is 0 Å². The summed E-state index contributed by atoms with van der Waals surface area (Å²) >= 11 is 0. The van der Waals surface area contributed by atoms with E-state index < -0.39 is 5.41 Å². The summed E-state index contributed by atoms with van der Waals surface area (Å²) in [7, 11) is 1.69. The number of ether oxygens (including phenoxy) is 1. The number of hydrogen-bond donors (Lipinski definition) is 1. The molecule has 0 saturated heterocycles. The van der Waals surface area contributed by atoms with Gasteiger partial charge in [0.05, 0.1) is 12.0 Å². The lowest BCUT2D eigenvalue weighted by Gasteiger charge is -2.26. The van der Waals surface area contributed by atoms with E-state index in [9.17, 15) is 4.79 Å². The number of likely N-dealkylation sites (N-methyl/N-ethyl adjacent to an activating group) is 1. The summed E-state index contributed by atoms with van der Waals surface area (Å²) in [6.45, 7) is 8.15. The maximum atomic E-state index is 12.7. The van der Waals surface area contributed by atoms with Crippen molar-refractivity contribution < 1.29 is 9.53 Å². The second-order valence-electron chi connectivity index (χ2n) is 5.77. The summed E-state index contributed by atoms with van der Waals surface area (Å²) in [4.78, 5) is 14.6. The van der Waals surface area contributed by atoms with Crippen LogP contribution < -0.4 is 10.2 Å². The number of amides is 1. The van der Waals surface area contributed by atoms with Crippen molar-refractivity contribution in [3.63, 3.8) is 0 Å². The number of benzene rings is 1. The van der Waals surface area contributed by atoms with Crippen LogP contribution in [0.15, 0.2) is 24.3 Å². The average Bonchev–Trinajstić information content (AvgIpc) is 2.61. The van der Waals surface area contributed by atoms with Crippen molar-refractivity contribution in [2.45, 2.75) is 32.2 Å². The molecule has 110 valence electrons. The summed E-state index contributed by atoms with van der Waals surface area (Å²) in [6, 6.07) is 8.20.